The SMILES string of the molecule is C/C=C(\C)C(C)=CCC.C=C(C)C(=C)C.CC.CC(=O)c1ccc(C#N)cc1.CC(C)=N.CCCC(C)CCC.CCCCCC(C)C. The molecule has 1 N–H and O–H groups in total. The van der Waals surface area contributed by atoms with E-state index in [-0.39, 0.29) is 5.78 Å². The number of nitriles is 1. The van der Waals surface area contributed by atoms with Crippen LogP contribution in [0.25, 0.3) is 0 Å². The molecule has 0 radical (unpaired) electrons. The van der Waals surface area contributed by atoms with Crippen LogP contribution in [0.15, 0.2) is 71.9 Å². The van der Waals surface area contributed by atoms with E-state index in [0.717, 1.165) is 29.4 Å². The van der Waals surface area contributed by atoms with Crippen LogP contribution < -0.4 is 0 Å². The maximum Gasteiger partial charge on any atom is 0.159 e. The summed E-state index contributed by atoms with van der Waals surface area (Å²) in [4.78, 5) is 10.8. The van der Waals surface area contributed by atoms with Crippen LogP contribution in [0.5, 0.6) is 0 Å². The van der Waals surface area contributed by atoms with Crippen molar-refractivity contribution < 1.29 is 4.79 Å². The van der Waals surface area contributed by atoms with Crippen molar-refractivity contribution in [3.63, 3.8) is 0 Å². The van der Waals surface area contributed by atoms with Gasteiger partial charge in [0.25, 0.3) is 0 Å². The van der Waals surface area contributed by atoms with E-state index in [2.05, 4.69) is 94.5 Å². The second kappa shape index (κ2) is 44.0. The van der Waals surface area contributed by atoms with E-state index in [1.807, 2.05) is 33.8 Å². The Morgan fingerprint density at radius 1 is 0.771 bits per heavy atom. The van der Waals surface area contributed by atoms with E-state index in [1.165, 1.54) is 69.4 Å². The van der Waals surface area contributed by atoms with Crippen molar-refractivity contribution in [2.24, 2.45) is 11.8 Å². The van der Waals surface area contributed by atoms with Gasteiger partial charge in [-0.1, -0.05) is 173 Å². The average Bonchev–Trinajstić information content (AvgIpc) is 3.03. The zero-order chi connectivity index (χ0) is 39.1. The molecule has 0 heterocycles. The molecule has 0 aliphatic heterocycles. The van der Waals surface area contributed by atoms with Crippen LogP contribution in [0, 0.1) is 28.6 Å². The molecule has 3 heteroatoms. The number of carbonyl (C=O) groups is 1. The molecule has 0 aliphatic rings. The standard InChI is InChI=1S/C9H7NO.C9H16.2C8H18.C6H10.C3H7N.C2H6/c1-7(11)9-4-2-8(6-10)3-5-9;1-5-7-9(4)8(3)6-2;1-4-5-6-7-8(2)3;1-4-6-8(3)7-5-2;1-5(2)6(3)4;1-3(2)4;1-2/h2-5H,1H3;6-7H,5H2,1-4H3;2*8H,4-7H2,1-3H3;1,3H2,2,4H3;4H,1-2H3;1-2H3/b;8-6+,9-7?;;;;;. The van der Waals surface area contributed by atoms with E-state index < -0.39 is 0 Å². The number of hydrogen-bond acceptors (Lipinski definition) is 3. The maximum absolute atomic E-state index is 10.8. The molecule has 1 rings (SSSR count). The first kappa shape index (κ1) is 57.3. The topological polar surface area (TPSA) is 64.7 Å². The number of benzene rings is 1. The Balaban J connectivity index is -0.000000111. The zero-order valence-electron chi connectivity index (χ0n) is 35.3. The number of allylic oxidation sites excluding steroid dienone is 6. The minimum absolute atomic E-state index is 0.0227. The van der Waals surface area contributed by atoms with E-state index in [9.17, 15) is 4.79 Å². The number of Topliss-reactive ketones (excluding diaryl/α,β-unsaturated/α-hetero) is 1. The number of unbranched alkanes of at least 4 members (excludes halogenated alkanes) is 2. The van der Waals surface area contributed by atoms with E-state index in [4.69, 9.17) is 10.7 Å². The van der Waals surface area contributed by atoms with Gasteiger partial charge >= 0.3 is 0 Å². The minimum Gasteiger partial charge on any atom is -0.310 e. The second-order valence-corrected chi connectivity index (χ2v) is 12.6. The number of ketones is 1. The normalized spacial score (nSPS) is 9.79. The van der Waals surface area contributed by atoms with Crippen LogP contribution in [0.3, 0.4) is 0 Å². The fourth-order valence-corrected chi connectivity index (χ4v) is 3.41. The van der Waals surface area contributed by atoms with E-state index in [1.54, 1.807) is 38.1 Å². The summed E-state index contributed by atoms with van der Waals surface area (Å²) in [5, 5.41) is 14.9. The highest BCUT2D eigenvalue weighted by Gasteiger charge is 1.97. The van der Waals surface area contributed by atoms with E-state index >= 15 is 0 Å². The van der Waals surface area contributed by atoms with Gasteiger partial charge in [0.15, 0.2) is 5.78 Å². The maximum atomic E-state index is 10.8. The Labute approximate surface area is 302 Å². The van der Waals surface area contributed by atoms with Gasteiger partial charge in [-0.25, -0.2) is 0 Å². The summed E-state index contributed by atoms with van der Waals surface area (Å²) in [6.45, 7) is 42.4. The number of hydrogen-bond donors (Lipinski definition) is 1. The Hall–Kier alpha value is -2.99. The molecule has 0 aromatic heterocycles. The summed E-state index contributed by atoms with van der Waals surface area (Å²) in [7, 11) is 0. The predicted octanol–water partition coefficient (Wildman–Crippen LogP) is 15.7. The molecule has 0 bridgehead atoms. The third kappa shape index (κ3) is 55.4. The first-order chi connectivity index (χ1) is 22.4. The lowest BCUT2D eigenvalue weighted by molar-refractivity contribution is 0.101. The van der Waals surface area contributed by atoms with Gasteiger partial charge in [0.2, 0.25) is 0 Å². The van der Waals surface area contributed by atoms with Gasteiger partial charge in [-0.3, -0.25) is 4.79 Å². The average molecular weight is 667 g/mol. The largest absolute Gasteiger partial charge is 0.310 e. The monoisotopic (exact) mass is 667 g/mol. The van der Waals surface area contributed by atoms with Crippen molar-refractivity contribution in [1.29, 1.82) is 10.7 Å². The van der Waals surface area contributed by atoms with Gasteiger partial charge in [0.05, 0.1) is 11.6 Å². The summed E-state index contributed by atoms with van der Waals surface area (Å²) < 4.78 is 0. The summed E-state index contributed by atoms with van der Waals surface area (Å²) in [5.74, 6) is 1.89. The lowest BCUT2D eigenvalue weighted by Gasteiger charge is -2.05. The molecule has 0 fully saturated rings. The molecule has 1 aromatic carbocycles. The van der Waals surface area contributed by atoms with Crippen LogP contribution in [-0.4, -0.2) is 11.5 Å². The van der Waals surface area contributed by atoms with Gasteiger partial charge in [0, 0.05) is 11.3 Å². The van der Waals surface area contributed by atoms with Crippen molar-refractivity contribution in [1.82, 2.24) is 0 Å². The summed E-state index contributed by atoms with van der Waals surface area (Å²) in [5.41, 5.74) is 6.81. The van der Waals surface area contributed by atoms with E-state index in [0.29, 0.717) is 16.8 Å². The number of rotatable bonds is 12. The lowest BCUT2D eigenvalue weighted by Crippen LogP contribution is -1.91. The van der Waals surface area contributed by atoms with Crippen molar-refractivity contribution in [3.05, 3.63) is 83.0 Å². The minimum atomic E-state index is 0.0227. The molecule has 1 aromatic rings. The van der Waals surface area contributed by atoms with Crippen molar-refractivity contribution in [2.75, 3.05) is 0 Å². The van der Waals surface area contributed by atoms with Gasteiger partial charge < -0.3 is 5.41 Å². The Kier molecular flexibility index (Phi) is 52.5. The summed E-state index contributed by atoms with van der Waals surface area (Å²) in [6.07, 6.45) is 16.6. The fraction of sp³-hybridized carbons (Fsp3) is 0.622. The predicted molar refractivity (Wildman–Crippen MR) is 223 cm³/mol. The molecular formula is C45H82N2O. The third-order valence-corrected chi connectivity index (χ3v) is 6.66. The van der Waals surface area contributed by atoms with Crippen molar-refractivity contribution >= 4 is 11.5 Å². The molecular weight excluding hydrogens is 585 g/mol. The van der Waals surface area contributed by atoms with Crippen LogP contribution in [0.1, 0.15) is 191 Å². The molecule has 0 amide bonds. The Morgan fingerprint density at radius 2 is 1.19 bits per heavy atom. The molecule has 0 unspecified atom stereocenters. The molecule has 0 spiro atoms. The molecule has 3 nitrogen and oxygen atoms in total. The van der Waals surface area contributed by atoms with Crippen LogP contribution in [0.2, 0.25) is 0 Å². The number of nitrogens with one attached hydrogen (secondary N) is 1. The molecule has 0 saturated heterocycles. The molecule has 48 heavy (non-hydrogen) atoms. The van der Waals surface area contributed by atoms with Crippen molar-refractivity contribution in [3.8, 4) is 6.07 Å². The van der Waals surface area contributed by atoms with Crippen molar-refractivity contribution in [2.45, 2.75) is 175 Å². The van der Waals surface area contributed by atoms with Gasteiger partial charge in [-0.15, -0.1) is 0 Å². The van der Waals surface area contributed by atoms with Gasteiger partial charge in [-0.2, -0.15) is 5.26 Å². The Morgan fingerprint density at radius 3 is 1.44 bits per heavy atom. The zero-order valence-corrected chi connectivity index (χ0v) is 35.3. The molecule has 278 valence electrons. The quantitative estimate of drug-likeness (QED) is 0.104. The van der Waals surface area contributed by atoms with Gasteiger partial charge in [0.1, 0.15) is 0 Å². The van der Waals surface area contributed by atoms with Crippen LogP contribution in [0.4, 0.5) is 0 Å². The molecule has 0 saturated carbocycles. The first-order valence-electron chi connectivity index (χ1n) is 18.6. The number of carbonyl (C=O) groups excluding carboxylic acids is 1. The highest BCUT2D eigenvalue weighted by molar-refractivity contribution is 5.94. The highest BCUT2D eigenvalue weighted by Crippen LogP contribution is 2.11. The third-order valence-electron chi connectivity index (χ3n) is 6.66. The second-order valence-electron chi connectivity index (χ2n) is 12.6. The highest BCUT2D eigenvalue weighted by atomic mass is 16.1. The smallest absolute Gasteiger partial charge is 0.159 e. The summed E-state index contributed by atoms with van der Waals surface area (Å²) in [6, 6.07) is 8.56. The molecule has 0 aliphatic carbocycles. The van der Waals surface area contributed by atoms with Crippen LogP contribution in [-0.2, 0) is 0 Å². The molecule has 0 atom stereocenters. The fourth-order valence-electron chi connectivity index (χ4n) is 3.41. The first-order valence-corrected chi connectivity index (χ1v) is 18.6. The number of nitrogens with zero attached hydrogens (tertiary/aromatic N) is 1. The van der Waals surface area contributed by atoms with Crippen LogP contribution >= 0.6 is 0 Å². The van der Waals surface area contributed by atoms with Gasteiger partial charge in [-0.05, 0) is 85.8 Å². The lowest BCUT2D eigenvalue weighted by atomic mass is 10.0. The Bertz CT molecular complexity index is 978. The summed E-state index contributed by atoms with van der Waals surface area (Å²) >= 11 is 0.